The molecule has 8 nitrogen and oxygen atoms in total. The van der Waals surface area contributed by atoms with Crippen LogP contribution in [0.15, 0.2) is 28.1 Å². The summed E-state index contributed by atoms with van der Waals surface area (Å²) in [6.07, 6.45) is 0.158. The summed E-state index contributed by atoms with van der Waals surface area (Å²) < 4.78 is 4.85. The van der Waals surface area contributed by atoms with Gasteiger partial charge in [-0.2, -0.15) is 11.3 Å². The molecule has 1 aromatic heterocycles. The molecule has 1 fully saturated rings. The number of thiophene rings is 1. The summed E-state index contributed by atoms with van der Waals surface area (Å²) in [5.74, 6) is -2.60. The number of ether oxygens (including phenoxy) is 1. The summed E-state index contributed by atoms with van der Waals surface area (Å²) in [5.41, 5.74) is 0.882. The Labute approximate surface area is 185 Å². The zero-order valence-corrected chi connectivity index (χ0v) is 18.4. The largest absolute Gasteiger partial charge is 1.00 e. The molecule has 0 aliphatic carbocycles. The molecule has 27 heavy (non-hydrogen) atoms. The first kappa shape index (κ1) is 22.0. The van der Waals surface area contributed by atoms with E-state index in [1.165, 1.54) is 30.0 Å². The van der Waals surface area contributed by atoms with Crippen LogP contribution in [0, 0.1) is 0 Å². The number of carboxylic acids is 1. The van der Waals surface area contributed by atoms with Gasteiger partial charge in [0, 0.05) is 18.2 Å². The molecule has 2 aliphatic heterocycles. The van der Waals surface area contributed by atoms with Crippen LogP contribution in [0.2, 0.25) is 0 Å². The van der Waals surface area contributed by atoms with Gasteiger partial charge in [0.1, 0.15) is 18.0 Å². The third-order valence-electron chi connectivity index (χ3n) is 3.95. The number of nitrogens with zero attached hydrogens (tertiary/aromatic N) is 1. The molecule has 3 heterocycles. The molecule has 2 amide bonds. The second kappa shape index (κ2) is 9.24. The van der Waals surface area contributed by atoms with Crippen molar-refractivity contribution in [2.45, 2.75) is 24.8 Å². The minimum absolute atomic E-state index is 0. The third kappa shape index (κ3) is 4.75. The number of fused-ring (bicyclic) bond motifs is 1. The average molecular weight is 418 g/mol. The molecule has 0 saturated carbocycles. The molecule has 3 rings (SSSR count). The second-order valence-corrected chi connectivity index (χ2v) is 7.67. The Bertz CT molecular complexity index is 795. The van der Waals surface area contributed by atoms with Crippen LogP contribution >= 0.6 is 23.1 Å². The first-order valence-electron chi connectivity index (χ1n) is 7.70. The summed E-state index contributed by atoms with van der Waals surface area (Å²) in [6, 6.07) is 1.04. The number of carbonyl (C=O) groups excluding carboxylic acids is 4. The maximum atomic E-state index is 12.4. The Kier molecular flexibility index (Phi) is 7.52. The Hall–Kier alpha value is -1.33. The van der Waals surface area contributed by atoms with Gasteiger partial charge in [-0.3, -0.25) is 19.3 Å². The molecule has 0 radical (unpaired) electrons. The van der Waals surface area contributed by atoms with Gasteiger partial charge in [0.15, 0.2) is 0 Å². The molecular formula is C16H15N2NaO6S2. The van der Waals surface area contributed by atoms with Crippen molar-refractivity contribution < 1.29 is 58.6 Å². The van der Waals surface area contributed by atoms with Gasteiger partial charge in [-0.25, -0.2) is 0 Å². The zero-order chi connectivity index (χ0) is 18.8. The number of hydrogen-bond acceptors (Lipinski definition) is 8. The fourth-order valence-electron chi connectivity index (χ4n) is 2.77. The molecule has 2 aliphatic rings. The molecule has 1 aromatic rings. The summed E-state index contributed by atoms with van der Waals surface area (Å²) in [4.78, 5) is 48.0. The van der Waals surface area contributed by atoms with Gasteiger partial charge in [-0.1, -0.05) is 0 Å². The first-order chi connectivity index (χ1) is 12.4. The predicted molar refractivity (Wildman–Crippen MR) is 91.7 cm³/mol. The number of carbonyl (C=O) groups is 4. The Morgan fingerprint density at radius 2 is 2.15 bits per heavy atom. The van der Waals surface area contributed by atoms with Crippen molar-refractivity contribution in [3.63, 3.8) is 0 Å². The van der Waals surface area contributed by atoms with Gasteiger partial charge in [-0.05, 0) is 22.4 Å². The van der Waals surface area contributed by atoms with E-state index in [0.717, 1.165) is 10.5 Å². The van der Waals surface area contributed by atoms with Crippen LogP contribution in [0.3, 0.4) is 0 Å². The molecule has 138 valence electrons. The zero-order valence-electron chi connectivity index (χ0n) is 14.7. The van der Waals surface area contributed by atoms with Crippen LogP contribution in [0.4, 0.5) is 0 Å². The minimum atomic E-state index is -1.51. The van der Waals surface area contributed by atoms with E-state index in [1.54, 1.807) is 0 Å². The van der Waals surface area contributed by atoms with Crippen LogP contribution in [0.25, 0.3) is 0 Å². The van der Waals surface area contributed by atoms with Crippen LogP contribution in [-0.2, 0) is 30.3 Å². The van der Waals surface area contributed by atoms with Gasteiger partial charge < -0.3 is 20.0 Å². The monoisotopic (exact) mass is 418 g/mol. The number of aliphatic carboxylic acids is 1. The van der Waals surface area contributed by atoms with E-state index in [1.807, 2.05) is 16.8 Å². The molecule has 0 unspecified atom stereocenters. The molecular weight excluding hydrogens is 403 g/mol. The quantitative estimate of drug-likeness (QED) is 0.287. The first-order valence-corrected chi connectivity index (χ1v) is 9.69. The van der Waals surface area contributed by atoms with Gasteiger partial charge in [-0.15, -0.1) is 11.8 Å². The summed E-state index contributed by atoms with van der Waals surface area (Å²) in [7, 11) is 0. The Morgan fingerprint density at radius 3 is 2.74 bits per heavy atom. The van der Waals surface area contributed by atoms with E-state index in [0.29, 0.717) is 5.57 Å². The van der Waals surface area contributed by atoms with Crippen LogP contribution in [-0.4, -0.2) is 52.4 Å². The van der Waals surface area contributed by atoms with E-state index in [-0.39, 0.29) is 59.9 Å². The predicted octanol–water partition coefficient (Wildman–Crippen LogP) is -3.74. The molecule has 11 heteroatoms. The summed E-state index contributed by atoms with van der Waals surface area (Å²) >= 11 is 2.78. The van der Waals surface area contributed by atoms with Crippen molar-refractivity contribution in [2.24, 2.45) is 0 Å². The van der Waals surface area contributed by atoms with Crippen LogP contribution < -0.4 is 40.0 Å². The Morgan fingerprint density at radius 1 is 1.41 bits per heavy atom. The number of β-lactam (4-membered cyclic amide) rings is 1. The van der Waals surface area contributed by atoms with E-state index in [9.17, 15) is 24.3 Å². The van der Waals surface area contributed by atoms with Gasteiger partial charge >= 0.3 is 35.5 Å². The molecule has 0 spiro atoms. The SMILES string of the molecule is CC(=O)OCC1=C(C(=O)[O-])N2C(=O)[C@@H](NC(=O)Cc3ccsc3)[C@H]2SC1.[Na+]. The Balaban J connectivity index is 0.00000261. The fraction of sp³-hybridized carbons (Fsp3) is 0.375. The second-order valence-electron chi connectivity index (χ2n) is 5.78. The minimum Gasteiger partial charge on any atom is -0.543 e. The molecule has 0 bridgehead atoms. The summed E-state index contributed by atoms with van der Waals surface area (Å²) in [6.45, 7) is 1.00. The van der Waals surface area contributed by atoms with Gasteiger partial charge in [0.2, 0.25) is 5.91 Å². The molecule has 2 atom stereocenters. The number of amides is 2. The number of esters is 1. The van der Waals surface area contributed by atoms with Crippen molar-refractivity contribution >= 4 is 46.9 Å². The van der Waals surface area contributed by atoms with E-state index in [4.69, 9.17) is 4.74 Å². The van der Waals surface area contributed by atoms with Gasteiger partial charge in [0.25, 0.3) is 5.91 Å². The van der Waals surface area contributed by atoms with Crippen molar-refractivity contribution in [1.29, 1.82) is 0 Å². The maximum Gasteiger partial charge on any atom is 1.00 e. The average Bonchev–Trinajstić information content (AvgIpc) is 3.09. The van der Waals surface area contributed by atoms with Crippen LogP contribution in [0.1, 0.15) is 12.5 Å². The topological polar surface area (TPSA) is 116 Å². The number of thioether (sulfide) groups is 1. The standard InChI is InChI=1S/C16H16N2O6S2.Na/c1-8(19)24-5-10-7-26-15-12(14(21)18(15)13(10)16(22)23)17-11(20)4-9-2-3-25-6-9;/h2-3,6,12,15H,4-5,7H2,1H3,(H,17,20)(H,22,23);/q;+1/p-1/t12-,15-;/m1./s1. The number of nitrogens with one attached hydrogen (secondary N) is 1. The molecule has 1 N–H and O–H groups in total. The van der Waals surface area contributed by atoms with Crippen molar-refractivity contribution in [3.05, 3.63) is 33.7 Å². The fourth-order valence-corrected chi connectivity index (χ4v) is 4.77. The normalized spacial score (nSPS) is 20.9. The van der Waals surface area contributed by atoms with E-state index in [2.05, 4.69) is 5.32 Å². The number of carboxylic acid groups (broad SMARTS) is 1. The van der Waals surface area contributed by atoms with Gasteiger partial charge in [0.05, 0.1) is 18.1 Å². The summed E-state index contributed by atoms with van der Waals surface area (Å²) in [5, 5.41) is 17.3. The maximum absolute atomic E-state index is 12.4. The van der Waals surface area contributed by atoms with Crippen molar-refractivity contribution in [2.75, 3.05) is 12.4 Å². The molecule has 0 aromatic carbocycles. The van der Waals surface area contributed by atoms with Crippen molar-refractivity contribution in [3.8, 4) is 0 Å². The van der Waals surface area contributed by atoms with E-state index < -0.39 is 29.3 Å². The number of hydrogen-bond donors (Lipinski definition) is 1. The van der Waals surface area contributed by atoms with E-state index >= 15 is 0 Å². The number of rotatable bonds is 6. The van der Waals surface area contributed by atoms with Crippen molar-refractivity contribution in [1.82, 2.24) is 10.2 Å². The smallest absolute Gasteiger partial charge is 0.543 e. The third-order valence-corrected chi connectivity index (χ3v) is 6.02. The molecule has 1 saturated heterocycles. The van der Waals surface area contributed by atoms with Crippen LogP contribution in [0.5, 0.6) is 0 Å².